The molecule has 2 aromatic rings. The highest BCUT2D eigenvalue weighted by molar-refractivity contribution is 5.56. The Bertz CT molecular complexity index is 654. The third kappa shape index (κ3) is 3.87. The molecule has 1 fully saturated rings. The van der Waals surface area contributed by atoms with Gasteiger partial charge >= 0.3 is 0 Å². The number of nitrogens with zero attached hydrogens (tertiary/aromatic N) is 3. The topological polar surface area (TPSA) is 51.8 Å². The summed E-state index contributed by atoms with van der Waals surface area (Å²) in [7, 11) is 0. The van der Waals surface area contributed by atoms with E-state index in [1.165, 1.54) is 25.7 Å². The summed E-state index contributed by atoms with van der Waals surface area (Å²) < 4.78 is 5.49. The molecule has 0 aromatic carbocycles. The summed E-state index contributed by atoms with van der Waals surface area (Å²) in [5, 5.41) is 4.23. The van der Waals surface area contributed by atoms with Gasteiger partial charge in [0.2, 0.25) is 0 Å². The number of pyridine rings is 1. The Morgan fingerprint density at radius 2 is 2.09 bits per heavy atom. The molecular formula is C19H25N3O. The van der Waals surface area contributed by atoms with Gasteiger partial charge in [0.25, 0.3) is 5.89 Å². The van der Waals surface area contributed by atoms with Gasteiger partial charge in [-0.3, -0.25) is 4.98 Å². The van der Waals surface area contributed by atoms with Crippen LogP contribution in [0.3, 0.4) is 0 Å². The Morgan fingerprint density at radius 3 is 2.83 bits per heavy atom. The van der Waals surface area contributed by atoms with Crippen LogP contribution in [0, 0.1) is 12.8 Å². The van der Waals surface area contributed by atoms with Gasteiger partial charge in [-0.25, -0.2) is 0 Å². The van der Waals surface area contributed by atoms with Crippen LogP contribution in [0.4, 0.5) is 0 Å². The number of hydrogen-bond donors (Lipinski definition) is 0. The second-order valence-corrected chi connectivity index (χ2v) is 6.48. The predicted octanol–water partition coefficient (Wildman–Crippen LogP) is 5.07. The van der Waals surface area contributed by atoms with Crippen LogP contribution in [-0.4, -0.2) is 15.1 Å². The molecule has 0 radical (unpaired) electrons. The van der Waals surface area contributed by atoms with Crippen molar-refractivity contribution >= 4 is 0 Å². The lowest BCUT2D eigenvalue weighted by molar-refractivity contribution is 0.349. The normalized spacial score (nSPS) is 21.8. The summed E-state index contributed by atoms with van der Waals surface area (Å²) in [6.45, 7) is 4.24. The molecule has 23 heavy (non-hydrogen) atoms. The summed E-state index contributed by atoms with van der Waals surface area (Å²) >= 11 is 0. The molecule has 2 heterocycles. The quantitative estimate of drug-likeness (QED) is 0.723. The lowest BCUT2D eigenvalue weighted by Crippen LogP contribution is -2.12. The molecule has 1 saturated carbocycles. The number of allylic oxidation sites excluding steroid dienone is 2. The van der Waals surface area contributed by atoms with Crippen LogP contribution >= 0.6 is 0 Å². The first-order valence-corrected chi connectivity index (χ1v) is 8.69. The highest BCUT2D eigenvalue weighted by Crippen LogP contribution is 2.36. The van der Waals surface area contributed by atoms with Gasteiger partial charge in [-0.1, -0.05) is 30.7 Å². The predicted molar refractivity (Wildman–Crippen MR) is 91.0 cm³/mol. The molecular weight excluding hydrogens is 286 g/mol. The van der Waals surface area contributed by atoms with Gasteiger partial charge in [0.15, 0.2) is 5.82 Å². The van der Waals surface area contributed by atoms with Crippen molar-refractivity contribution in [1.29, 1.82) is 0 Å². The minimum absolute atomic E-state index is 0.436. The van der Waals surface area contributed by atoms with E-state index in [1.54, 1.807) is 6.20 Å². The largest absolute Gasteiger partial charge is 0.334 e. The highest BCUT2D eigenvalue weighted by Gasteiger charge is 2.25. The number of unbranched alkanes of at least 4 members (excludes halogenated alkanes) is 1. The fourth-order valence-corrected chi connectivity index (χ4v) is 3.25. The van der Waals surface area contributed by atoms with Crippen LogP contribution in [0.5, 0.6) is 0 Å². The van der Waals surface area contributed by atoms with E-state index >= 15 is 0 Å². The molecule has 2 aromatic heterocycles. The molecule has 0 unspecified atom stereocenters. The van der Waals surface area contributed by atoms with Crippen molar-refractivity contribution in [2.75, 3.05) is 0 Å². The van der Waals surface area contributed by atoms with E-state index in [2.05, 4.69) is 34.2 Å². The van der Waals surface area contributed by atoms with Crippen molar-refractivity contribution in [3.8, 4) is 11.5 Å². The molecule has 4 nitrogen and oxygen atoms in total. The molecule has 0 bridgehead atoms. The molecule has 0 amide bonds. The molecule has 0 N–H and O–H groups in total. The Balaban J connectivity index is 1.63. The zero-order valence-corrected chi connectivity index (χ0v) is 14.0. The first-order valence-electron chi connectivity index (χ1n) is 8.69. The summed E-state index contributed by atoms with van der Waals surface area (Å²) in [5.74, 6) is 2.65. The summed E-state index contributed by atoms with van der Waals surface area (Å²) in [5.41, 5.74) is 2.04. The van der Waals surface area contributed by atoms with E-state index in [0.717, 1.165) is 35.7 Å². The first kappa shape index (κ1) is 15.9. The summed E-state index contributed by atoms with van der Waals surface area (Å²) in [6.07, 6.45) is 15.5. The first-order chi connectivity index (χ1) is 11.3. The smallest absolute Gasteiger partial charge is 0.258 e. The molecule has 122 valence electrons. The maximum Gasteiger partial charge on any atom is 0.258 e. The van der Waals surface area contributed by atoms with E-state index in [4.69, 9.17) is 4.52 Å². The zero-order chi connectivity index (χ0) is 16.1. The number of rotatable bonds is 5. The molecule has 1 aliphatic carbocycles. The van der Waals surface area contributed by atoms with Crippen LogP contribution in [0.15, 0.2) is 35.1 Å². The van der Waals surface area contributed by atoms with Crippen LogP contribution in [0.25, 0.3) is 11.5 Å². The Hall–Kier alpha value is -1.97. The average Bonchev–Trinajstić information content (AvgIpc) is 3.06. The lowest BCUT2D eigenvalue weighted by atomic mass is 9.81. The minimum Gasteiger partial charge on any atom is -0.334 e. The fourth-order valence-electron chi connectivity index (χ4n) is 3.25. The van der Waals surface area contributed by atoms with Gasteiger partial charge in [-0.2, -0.15) is 4.98 Å². The van der Waals surface area contributed by atoms with E-state index in [0.29, 0.717) is 11.8 Å². The van der Waals surface area contributed by atoms with Crippen LogP contribution in [-0.2, 0) is 0 Å². The van der Waals surface area contributed by atoms with Crippen molar-refractivity contribution in [2.24, 2.45) is 5.92 Å². The molecule has 1 aliphatic rings. The average molecular weight is 311 g/mol. The van der Waals surface area contributed by atoms with Crippen molar-refractivity contribution in [3.05, 3.63) is 42.0 Å². The maximum absolute atomic E-state index is 5.49. The Kier molecular flexibility index (Phi) is 5.21. The molecule has 0 atom stereocenters. The lowest BCUT2D eigenvalue weighted by Gasteiger charge is -2.24. The van der Waals surface area contributed by atoms with Gasteiger partial charge in [0.1, 0.15) is 0 Å². The van der Waals surface area contributed by atoms with E-state index in [1.807, 2.05) is 19.2 Å². The Labute approximate surface area is 138 Å². The summed E-state index contributed by atoms with van der Waals surface area (Å²) in [6, 6.07) is 1.93. The van der Waals surface area contributed by atoms with Gasteiger partial charge in [-0.15, -0.1) is 0 Å². The maximum atomic E-state index is 5.49. The molecule has 0 saturated heterocycles. The van der Waals surface area contributed by atoms with Gasteiger partial charge < -0.3 is 4.52 Å². The number of hydrogen-bond acceptors (Lipinski definition) is 4. The SMILES string of the molecule is CCC/C=C/C1CCC(c2noc(-c3ccncc3C)n2)CC1. The molecule has 3 rings (SSSR count). The van der Waals surface area contributed by atoms with Crippen LogP contribution < -0.4 is 0 Å². The van der Waals surface area contributed by atoms with E-state index in [9.17, 15) is 0 Å². The van der Waals surface area contributed by atoms with Gasteiger partial charge in [0.05, 0.1) is 0 Å². The minimum atomic E-state index is 0.436. The second-order valence-electron chi connectivity index (χ2n) is 6.48. The highest BCUT2D eigenvalue weighted by atomic mass is 16.5. The van der Waals surface area contributed by atoms with E-state index < -0.39 is 0 Å². The Morgan fingerprint density at radius 1 is 1.26 bits per heavy atom. The molecule has 4 heteroatoms. The van der Waals surface area contributed by atoms with Crippen molar-refractivity contribution < 1.29 is 4.52 Å². The van der Waals surface area contributed by atoms with Gasteiger partial charge in [0, 0.05) is 23.9 Å². The fraction of sp³-hybridized carbons (Fsp3) is 0.526. The van der Waals surface area contributed by atoms with Crippen molar-refractivity contribution in [3.63, 3.8) is 0 Å². The standard InChI is InChI=1S/C19H25N3O/c1-3-4-5-6-15-7-9-16(10-8-15)18-21-19(23-22-18)17-11-12-20-13-14(17)2/h5-6,11-13,15-16H,3-4,7-10H2,1-2H3/b6-5+. The second kappa shape index (κ2) is 7.53. The molecule has 0 spiro atoms. The van der Waals surface area contributed by atoms with Crippen LogP contribution in [0.2, 0.25) is 0 Å². The monoisotopic (exact) mass is 311 g/mol. The summed E-state index contributed by atoms with van der Waals surface area (Å²) in [4.78, 5) is 8.75. The third-order valence-corrected chi connectivity index (χ3v) is 4.69. The van der Waals surface area contributed by atoms with E-state index in [-0.39, 0.29) is 0 Å². The van der Waals surface area contributed by atoms with Crippen molar-refractivity contribution in [1.82, 2.24) is 15.1 Å². The zero-order valence-electron chi connectivity index (χ0n) is 14.0. The third-order valence-electron chi connectivity index (χ3n) is 4.69. The molecule has 0 aliphatic heterocycles. The van der Waals surface area contributed by atoms with Crippen molar-refractivity contribution in [2.45, 2.75) is 58.3 Å². The number of aromatic nitrogens is 3. The number of aryl methyl sites for hydroxylation is 1. The van der Waals surface area contributed by atoms with Crippen LogP contribution in [0.1, 0.15) is 62.8 Å². The van der Waals surface area contributed by atoms with Gasteiger partial charge in [-0.05, 0) is 56.6 Å².